The Balaban J connectivity index is 2.04. The lowest BCUT2D eigenvalue weighted by molar-refractivity contribution is 0.0577. The van der Waals surface area contributed by atoms with E-state index in [0.29, 0.717) is 12.2 Å². The van der Waals surface area contributed by atoms with E-state index in [-0.39, 0.29) is 17.7 Å². The van der Waals surface area contributed by atoms with Crippen molar-refractivity contribution in [2.24, 2.45) is 0 Å². The molecule has 0 aromatic heterocycles. The zero-order chi connectivity index (χ0) is 11.8. The minimum absolute atomic E-state index is 0.0956. The van der Waals surface area contributed by atoms with Gasteiger partial charge in [-0.3, -0.25) is 4.79 Å². The fourth-order valence-corrected chi connectivity index (χ4v) is 2.60. The molecule has 17 heavy (non-hydrogen) atoms. The zero-order valence-corrected chi connectivity index (χ0v) is 9.49. The summed E-state index contributed by atoms with van der Waals surface area (Å²) < 4.78 is 19.1. The lowest BCUT2D eigenvalue weighted by atomic mass is 10.0. The standard InChI is InChI=1S/C13H14FNO2/c14-11-6-3-5-10-12(11)17-8-9-4-1-2-7-15(9)13(10)16/h3,5-6,9H,1-2,4,7-8H2. The number of para-hydroxylation sites is 1. The molecule has 0 N–H and O–H groups in total. The molecule has 2 aliphatic rings. The van der Waals surface area contributed by atoms with Gasteiger partial charge in [0, 0.05) is 6.54 Å². The molecule has 1 unspecified atom stereocenters. The van der Waals surface area contributed by atoms with Crippen LogP contribution in [0.15, 0.2) is 18.2 Å². The van der Waals surface area contributed by atoms with E-state index in [1.165, 1.54) is 6.07 Å². The highest BCUT2D eigenvalue weighted by Gasteiger charge is 2.33. The summed E-state index contributed by atoms with van der Waals surface area (Å²) in [5.74, 6) is -0.427. The van der Waals surface area contributed by atoms with Gasteiger partial charge in [-0.2, -0.15) is 0 Å². The largest absolute Gasteiger partial charge is 0.488 e. The molecule has 3 nitrogen and oxygen atoms in total. The van der Waals surface area contributed by atoms with Crippen LogP contribution < -0.4 is 4.74 Å². The summed E-state index contributed by atoms with van der Waals surface area (Å²) in [5.41, 5.74) is 0.356. The molecule has 1 atom stereocenters. The minimum Gasteiger partial charge on any atom is -0.488 e. The van der Waals surface area contributed by atoms with E-state index in [9.17, 15) is 9.18 Å². The van der Waals surface area contributed by atoms with Crippen molar-refractivity contribution in [3.8, 4) is 5.75 Å². The fourth-order valence-electron chi connectivity index (χ4n) is 2.60. The van der Waals surface area contributed by atoms with Gasteiger partial charge < -0.3 is 9.64 Å². The molecule has 1 fully saturated rings. The van der Waals surface area contributed by atoms with Gasteiger partial charge in [-0.25, -0.2) is 4.39 Å². The average Bonchev–Trinajstić information content (AvgIpc) is 2.50. The average molecular weight is 235 g/mol. The molecule has 0 radical (unpaired) electrons. The quantitative estimate of drug-likeness (QED) is 0.690. The lowest BCUT2D eigenvalue weighted by Crippen LogP contribution is -2.45. The van der Waals surface area contributed by atoms with Crippen LogP contribution in [0.4, 0.5) is 4.39 Å². The Hall–Kier alpha value is -1.58. The number of benzene rings is 1. The topological polar surface area (TPSA) is 29.5 Å². The summed E-state index contributed by atoms with van der Waals surface area (Å²) in [7, 11) is 0. The Kier molecular flexibility index (Phi) is 2.50. The van der Waals surface area contributed by atoms with Crippen molar-refractivity contribution in [3.05, 3.63) is 29.6 Å². The van der Waals surface area contributed by atoms with Crippen molar-refractivity contribution in [1.82, 2.24) is 4.90 Å². The van der Waals surface area contributed by atoms with Crippen molar-refractivity contribution < 1.29 is 13.9 Å². The molecule has 4 heteroatoms. The first kappa shape index (κ1) is 10.6. The first-order valence-corrected chi connectivity index (χ1v) is 5.99. The molecule has 1 amide bonds. The van der Waals surface area contributed by atoms with Crippen molar-refractivity contribution >= 4 is 5.91 Å². The molecule has 2 heterocycles. The van der Waals surface area contributed by atoms with Crippen LogP contribution in [0.2, 0.25) is 0 Å². The second kappa shape index (κ2) is 4.02. The first-order chi connectivity index (χ1) is 8.27. The normalized spacial score (nSPS) is 23.5. The molecule has 90 valence electrons. The summed E-state index contributed by atoms with van der Waals surface area (Å²) in [5, 5.41) is 0. The number of ether oxygens (including phenoxy) is 1. The van der Waals surface area contributed by atoms with Crippen LogP contribution in [-0.4, -0.2) is 30.0 Å². The van der Waals surface area contributed by atoms with Crippen molar-refractivity contribution in [1.29, 1.82) is 0 Å². The van der Waals surface area contributed by atoms with Gasteiger partial charge in [0.2, 0.25) is 0 Å². The summed E-state index contributed by atoms with van der Waals surface area (Å²) in [6.45, 7) is 1.16. The highest BCUT2D eigenvalue weighted by molar-refractivity contribution is 5.97. The summed E-state index contributed by atoms with van der Waals surface area (Å²) in [6.07, 6.45) is 3.07. The smallest absolute Gasteiger partial charge is 0.258 e. The van der Waals surface area contributed by atoms with Crippen LogP contribution in [0.25, 0.3) is 0 Å². The van der Waals surface area contributed by atoms with Crippen LogP contribution >= 0.6 is 0 Å². The van der Waals surface area contributed by atoms with Gasteiger partial charge in [-0.15, -0.1) is 0 Å². The predicted molar refractivity (Wildman–Crippen MR) is 60.6 cm³/mol. The van der Waals surface area contributed by atoms with Gasteiger partial charge in [-0.05, 0) is 31.4 Å². The fraction of sp³-hybridized carbons (Fsp3) is 0.462. The lowest BCUT2D eigenvalue weighted by Gasteiger charge is -2.33. The second-order valence-electron chi connectivity index (χ2n) is 4.58. The monoisotopic (exact) mass is 235 g/mol. The Morgan fingerprint density at radius 2 is 2.24 bits per heavy atom. The second-order valence-corrected chi connectivity index (χ2v) is 4.58. The molecule has 1 aromatic rings. The minimum atomic E-state index is -0.448. The van der Waals surface area contributed by atoms with Crippen LogP contribution in [0.5, 0.6) is 5.75 Å². The van der Waals surface area contributed by atoms with Gasteiger partial charge in [0.05, 0.1) is 11.6 Å². The molecule has 0 spiro atoms. The summed E-state index contributed by atoms with van der Waals surface area (Å²) in [6, 6.07) is 4.62. The SMILES string of the molecule is O=C1c2cccc(F)c2OCC2CCCCN12. The van der Waals surface area contributed by atoms with E-state index in [4.69, 9.17) is 4.74 Å². The molecule has 1 aromatic carbocycles. The molecule has 3 rings (SSSR count). The van der Waals surface area contributed by atoms with Gasteiger partial charge in [-0.1, -0.05) is 6.07 Å². The zero-order valence-electron chi connectivity index (χ0n) is 9.49. The molecular formula is C13H14FNO2. The molecule has 0 bridgehead atoms. The predicted octanol–water partition coefficient (Wildman–Crippen LogP) is 2.21. The Morgan fingerprint density at radius 3 is 3.12 bits per heavy atom. The van der Waals surface area contributed by atoms with E-state index >= 15 is 0 Å². The van der Waals surface area contributed by atoms with E-state index in [0.717, 1.165) is 25.8 Å². The number of amides is 1. The third-order valence-electron chi connectivity index (χ3n) is 3.51. The van der Waals surface area contributed by atoms with Gasteiger partial charge >= 0.3 is 0 Å². The number of carbonyl (C=O) groups excluding carboxylic acids is 1. The number of hydrogen-bond acceptors (Lipinski definition) is 2. The van der Waals surface area contributed by atoms with Gasteiger partial charge in [0.25, 0.3) is 5.91 Å². The highest BCUT2D eigenvalue weighted by atomic mass is 19.1. The number of halogens is 1. The van der Waals surface area contributed by atoms with Crippen molar-refractivity contribution in [2.75, 3.05) is 13.2 Å². The van der Waals surface area contributed by atoms with Gasteiger partial charge in [0.1, 0.15) is 6.61 Å². The molecule has 1 saturated heterocycles. The van der Waals surface area contributed by atoms with E-state index in [1.54, 1.807) is 12.1 Å². The van der Waals surface area contributed by atoms with Gasteiger partial charge in [0.15, 0.2) is 11.6 Å². The summed E-state index contributed by atoms with van der Waals surface area (Å²) in [4.78, 5) is 14.1. The van der Waals surface area contributed by atoms with E-state index in [2.05, 4.69) is 0 Å². The number of rotatable bonds is 0. The Bertz CT molecular complexity index is 461. The number of piperidine rings is 1. The van der Waals surface area contributed by atoms with Crippen LogP contribution in [0, 0.1) is 5.82 Å². The van der Waals surface area contributed by atoms with Crippen LogP contribution in [0.1, 0.15) is 29.6 Å². The molecular weight excluding hydrogens is 221 g/mol. The third kappa shape index (κ3) is 1.68. The number of nitrogens with zero attached hydrogens (tertiary/aromatic N) is 1. The maximum absolute atomic E-state index is 13.6. The van der Waals surface area contributed by atoms with Crippen LogP contribution in [-0.2, 0) is 0 Å². The first-order valence-electron chi connectivity index (χ1n) is 5.99. The molecule has 2 aliphatic heterocycles. The molecule has 0 aliphatic carbocycles. The van der Waals surface area contributed by atoms with Crippen LogP contribution in [0.3, 0.4) is 0 Å². The molecule has 0 saturated carbocycles. The van der Waals surface area contributed by atoms with E-state index in [1.807, 2.05) is 4.90 Å². The maximum atomic E-state index is 13.6. The third-order valence-corrected chi connectivity index (χ3v) is 3.51. The number of hydrogen-bond donors (Lipinski definition) is 0. The number of fused-ring (bicyclic) bond motifs is 2. The number of carbonyl (C=O) groups is 1. The van der Waals surface area contributed by atoms with Crippen molar-refractivity contribution in [2.45, 2.75) is 25.3 Å². The van der Waals surface area contributed by atoms with Crippen molar-refractivity contribution in [3.63, 3.8) is 0 Å². The highest BCUT2D eigenvalue weighted by Crippen LogP contribution is 2.30. The summed E-state index contributed by atoms with van der Waals surface area (Å²) >= 11 is 0. The Labute approximate surface area is 99.2 Å². The maximum Gasteiger partial charge on any atom is 0.258 e. The van der Waals surface area contributed by atoms with E-state index < -0.39 is 5.82 Å². The Morgan fingerprint density at radius 1 is 1.35 bits per heavy atom.